The number of carbonyl (C=O) groups excluding carboxylic acids is 1. The fourth-order valence-electron chi connectivity index (χ4n) is 5.50. The van der Waals surface area contributed by atoms with Gasteiger partial charge in [-0.05, 0) is 94.9 Å². The second-order valence-electron chi connectivity index (χ2n) is 9.63. The second-order valence-corrected chi connectivity index (χ2v) is 9.63. The molecule has 2 saturated heterocycles. The first kappa shape index (κ1) is 23.1. The Morgan fingerprint density at radius 2 is 2.03 bits per heavy atom. The van der Waals surface area contributed by atoms with E-state index in [4.69, 9.17) is 4.74 Å². The van der Waals surface area contributed by atoms with E-state index in [-0.39, 0.29) is 5.91 Å². The van der Waals surface area contributed by atoms with Crippen LogP contribution in [0.1, 0.15) is 56.7 Å². The highest BCUT2D eigenvalue weighted by Gasteiger charge is 2.24. The van der Waals surface area contributed by atoms with Gasteiger partial charge >= 0.3 is 0 Å². The number of methoxy groups -OCH3 is 1. The quantitative estimate of drug-likeness (QED) is 0.617. The van der Waals surface area contributed by atoms with Gasteiger partial charge in [-0.25, -0.2) is 0 Å². The summed E-state index contributed by atoms with van der Waals surface area (Å²) in [4.78, 5) is 21.0. The van der Waals surface area contributed by atoms with E-state index in [0.717, 1.165) is 44.9 Å². The molecule has 32 heavy (non-hydrogen) atoms. The normalized spacial score (nSPS) is 20.8. The van der Waals surface area contributed by atoms with Crippen LogP contribution in [-0.4, -0.2) is 66.6 Å². The molecule has 0 aliphatic carbocycles. The molecule has 1 aromatic heterocycles. The zero-order valence-electron chi connectivity index (χ0n) is 20.1. The summed E-state index contributed by atoms with van der Waals surface area (Å²) in [5.41, 5.74) is 3.81. The number of nitrogens with zero attached hydrogens (tertiary/aromatic N) is 2. The number of fused-ring (bicyclic) bond motifs is 1. The van der Waals surface area contributed by atoms with Gasteiger partial charge in [0.1, 0.15) is 5.75 Å². The van der Waals surface area contributed by atoms with Crippen molar-refractivity contribution in [2.24, 2.45) is 5.92 Å². The van der Waals surface area contributed by atoms with Crippen LogP contribution in [0.2, 0.25) is 0 Å². The first-order valence-corrected chi connectivity index (χ1v) is 12.5. The molecule has 2 fully saturated rings. The second kappa shape index (κ2) is 10.7. The van der Waals surface area contributed by atoms with Crippen LogP contribution in [0, 0.1) is 12.8 Å². The Hall–Kier alpha value is -2.05. The maximum atomic E-state index is 12.4. The van der Waals surface area contributed by atoms with Crippen LogP contribution in [0.4, 0.5) is 0 Å². The molecule has 1 aromatic carbocycles. The molecule has 1 amide bonds. The number of piperidine rings is 1. The maximum Gasteiger partial charge on any atom is 0.220 e. The number of H-pyrrole nitrogens is 1. The van der Waals surface area contributed by atoms with E-state index in [1.807, 2.05) is 6.07 Å². The number of aromatic amines is 1. The highest BCUT2D eigenvalue weighted by atomic mass is 16.5. The smallest absolute Gasteiger partial charge is 0.220 e. The van der Waals surface area contributed by atoms with Gasteiger partial charge in [-0.15, -0.1) is 0 Å². The van der Waals surface area contributed by atoms with E-state index in [1.165, 1.54) is 54.4 Å². The van der Waals surface area contributed by atoms with Gasteiger partial charge in [0.15, 0.2) is 0 Å². The summed E-state index contributed by atoms with van der Waals surface area (Å²) in [5, 5.41) is 4.44. The molecule has 1 atom stereocenters. The lowest BCUT2D eigenvalue weighted by Crippen LogP contribution is -2.40. The molecule has 0 spiro atoms. The summed E-state index contributed by atoms with van der Waals surface area (Å²) in [6.07, 6.45) is 6.55. The molecule has 3 heterocycles. The lowest BCUT2D eigenvalue weighted by molar-refractivity contribution is -0.121. The molecule has 176 valence electrons. The fraction of sp³-hybridized carbons (Fsp3) is 0.654. The lowest BCUT2D eigenvalue weighted by atomic mass is 9.92. The highest BCUT2D eigenvalue weighted by Crippen LogP contribution is 2.28. The first-order chi connectivity index (χ1) is 15.6. The van der Waals surface area contributed by atoms with Gasteiger partial charge in [-0.2, -0.15) is 0 Å². The minimum atomic E-state index is 0.236. The van der Waals surface area contributed by atoms with Gasteiger partial charge in [0.2, 0.25) is 5.91 Å². The third-order valence-electron chi connectivity index (χ3n) is 7.68. The molecule has 0 saturated carbocycles. The molecule has 2 aliphatic rings. The number of rotatable bonds is 9. The predicted octanol–water partition coefficient (Wildman–Crippen LogP) is 4.08. The summed E-state index contributed by atoms with van der Waals surface area (Å²) < 4.78 is 5.38. The topological polar surface area (TPSA) is 60.6 Å². The van der Waals surface area contributed by atoms with Crippen molar-refractivity contribution in [2.45, 2.75) is 65.0 Å². The Kier molecular flexibility index (Phi) is 7.74. The number of likely N-dealkylation sites (tertiary alicyclic amines) is 2. The molecule has 0 radical (unpaired) electrons. The number of amides is 1. The number of benzene rings is 1. The fourth-order valence-corrected chi connectivity index (χ4v) is 5.50. The standard InChI is InChI=1S/C26H40N4O2/c1-4-30-13-5-6-21(30)17-27-26(31)10-7-20-11-14-29(15-12-20)18-25-19(2)23-16-22(32-3)8-9-24(23)28-25/h8-9,16,20-21,28H,4-7,10-15,17-18H2,1-3H3,(H,27,31)/t21-/m1/s1. The number of ether oxygens (including phenoxy) is 1. The van der Waals surface area contributed by atoms with Crippen LogP contribution in [-0.2, 0) is 11.3 Å². The molecular formula is C26H40N4O2. The van der Waals surface area contributed by atoms with Crippen molar-refractivity contribution in [3.8, 4) is 5.75 Å². The van der Waals surface area contributed by atoms with Crippen LogP contribution >= 0.6 is 0 Å². The van der Waals surface area contributed by atoms with E-state index >= 15 is 0 Å². The van der Waals surface area contributed by atoms with Gasteiger partial charge in [0.05, 0.1) is 7.11 Å². The van der Waals surface area contributed by atoms with Gasteiger partial charge in [0, 0.05) is 42.1 Å². The summed E-state index contributed by atoms with van der Waals surface area (Å²) >= 11 is 0. The van der Waals surface area contributed by atoms with E-state index in [2.05, 4.69) is 46.1 Å². The SMILES string of the molecule is CCN1CCC[C@@H]1CNC(=O)CCC1CCN(Cc2[nH]c3ccc(OC)cc3c2C)CC1. The van der Waals surface area contributed by atoms with Crippen molar-refractivity contribution in [1.29, 1.82) is 0 Å². The molecule has 4 rings (SSSR count). The monoisotopic (exact) mass is 440 g/mol. The van der Waals surface area contributed by atoms with E-state index < -0.39 is 0 Å². The van der Waals surface area contributed by atoms with Crippen molar-refractivity contribution in [3.05, 3.63) is 29.5 Å². The van der Waals surface area contributed by atoms with Crippen molar-refractivity contribution in [1.82, 2.24) is 20.1 Å². The van der Waals surface area contributed by atoms with E-state index in [9.17, 15) is 4.79 Å². The molecule has 6 heteroatoms. The lowest BCUT2D eigenvalue weighted by Gasteiger charge is -2.31. The zero-order chi connectivity index (χ0) is 22.5. The van der Waals surface area contributed by atoms with Crippen LogP contribution in [0.15, 0.2) is 18.2 Å². The van der Waals surface area contributed by atoms with Crippen molar-refractivity contribution in [2.75, 3.05) is 39.8 Å². The number of hydrogen-bond acceptors (Lipinski definition) is 4. The molecule has 2 N–H and O–H groups in total. The van der Waals surface area contributed by atoms with Crippen LogP contribution in [0.5, 0.6) is 5.75 Å². The largest absolute Gasteiger partial charge is 0.497 e. The number of hydrogen-bond donors (Lipinski definition) is 2. The van der Waals surface area contributed by atoms with Crippen LogP contribution in [0.3, 0.4) is 0 Å². The van der Waals surface area contributed by atoms with Crippen molar-refractivity contribution in [3.63, 3.8) is 0 Å². The number of nitrogens with one attached hydrogen (secondary N) is 2. The summed E-state index contributed by atoms with van der Waals surface area (Å²) in [6, 6.07) is 6.78. The third kappa shape index (κ3) is 5.46. The molecule has 0 unspecified atom stereocenters. The van der Waals surface area contributed by atoms with Gasteiger partial charge in [-0.3, -0.25) is 14.6 Å². The van der Waals surface area contributed by atoms with Crippen molar-refractivity contribution >= 4 is 16.8 Å². The van der Waals surface area contributed by atoms with E-state index in [1.54, 1.807) is 7.11 Å². The van der Waals surface area contributed by atoms with Crippen LogP contribution < -0.4 is 10.1 Å². The maximum absolute atomic E-state index is 12.4. The number of aromatic nitrogens is 1. The number of likely N-dealkylation sites (N-methyl/N-ethyl adjacent to an activating group) is 1. The number of carbonyl (C=O) groups is 1. The Labute approximate surface area is 192 Å². The van der Waals surface area contributed by atoms with E-state index in [0.29, 0.717) is 18.4 Å². The first-order valence-electron chi connectivity index (χ1n) is 12.5. The predicted molar refractivity (Wildman–Crippen MR) is 130 cm³/mol. The Morgan fingerprint density at radius 3 is 2.78 bits per heavy atom. The number of aryl methyl sites for hydroxylation is 1. The summed E-state index contributed by atoms with van der Waals surface area (Å²) in [7, 11) is 1.72. The molecule has 0 bridgehead atoms. The minimum absolute atomic E-state index is 0.236. The molecule has 2 aromatic rings. The van der Waals surface area contributed by atoms with Gasteiger partial charge in [-0.1, -0.05) is 6.92 Å². The highest BCUT2D eigenvalue weighted by molar-refractivity contribution is 5.85. The average Bonchev–Trinajstić information content (AvgIpc) is 3.41. The van der Waals surface area contributed by atoms with Gasteiger partial charge in [0.25, 0.3) is 0 Å². The Bertz CT molecular complexity index is 901. The summed E-state index contributed by atoms with van der Waals surface area (Å²) in [5.74, 6) is 1.81. The average molecular weight is 441 g/mol. The molecule has 6 nitrogen and oxygen atoms in total. The Morgan fingerprint density at radius 1 is 1.22 bits per heavy atom. The Balaban J connectivity index is 1.19. The van der Waals surface area contributed by atoms with Crippen molar-refractivity contribution < 1.29 is 9.53 Å². The van der Waals surface area contributed by atoms with Crippen LogP contribution in [0.25, 0.3) is 10.9 Å². The zero-order valence-corrected chi connectivity index (χ0v) is 20.1. The molecule has 2 aliphatic heterocycles. The van der Waals surface area contributed by atoms with Gasteiger partial charge < -0.3 is 15.0 Å². The molecular weight excluding hydrogens is 400 g/mol. The minimum Gasteiger partial charge on any atom is -0.497 e. The third-order valence-corrected chi connectivity index (χ3v) is 7.68. The summed E-state index contributed by atoms with van der Waals surface area (Å²) in [6.45, 7) is 10.7.